The molecule has 1 unspecified atom stereocenters. The van der Waals surface area contributed by atoms with Gasteiger partial charge in [0.2, 0.25) is 0 Å². The number of H-pyrrole nitrogens is 1. The standard InChI is InChI=1S/C17H20N6S/c18-17-16-15(21-11-22-17)13(7-20-16)9-23-6-4-12(8-23)10-24-14-3-1-2-5-19-14/h1-3,5,7,11-12,20H,4,6,8-10H2,(H2,18,21,22). The topological polar surface area (TPSA) is 83.7 Å². The molecular weight excluding hydrogens is 320 g/mol. The zero-order chi connectivity index (χ0) is 16.4. The van der Waals surface area contributed by atoms with Crippen LogP contribution in [0, 0.1) is 5.92 Å². The molecule has 1 saturated heterocycles. The lowest BCUT2D eigenvalue weighted by molar-refractivity contribution is 0.322. The van der Waals surface area contributed by atoms with E-state index in [1.54, 1.807) is 0 Å². The van der Waals surface area contributed by atoms with Crippen LogP contribution in [0.5, 0.6) is 0 Å². The van der Waals surface area contributed by atoms with Gasteiger partial charge in [-0.25, -0.2) is 15.0 Å². The van der Waals surface area contributed by atoms with Gasteiger partial charge in [-0.15, -0.1) is 11.8 Å². The van der Waals surface area contributed by atoms with Crippen molar-refractivity contribution < 1.29 is 0 Å². The Morgan fingerprint density at radius 2 is 2.25 bits per heavy atom. The van der Waals surface area contributed by atoms with Gasteiger partial charge >= 0.3 is 0 Å². The van der Waals surface area contributed by atoms with Gasteiger partial charge in [-0.05, 0) is 31.0 Å². The van der Waals surface area contributed by atoms with Crippen LogP contribution in [-0.2, 0) is 6.54 Å². The van der Waals surface area contributed by atoms with Gasteiger partial charge < -0.3 is 10.7 Å². The molecule has 0 radical (unpaired) electrons. The fourth-order valence-electron chi connectivity index (χ4n) is 3.20. The molecule has 0 bridgehead atoms. The van der Waals surface area contributed by atoms with E-state index in [1.165, 1.54) is 18.3 Å². The highest BCUT2D eigenvalue weighted by Crippen LogP contribution is 2.27. The van der Waals surface area contributed by atoms with E-state index < -0.39 is 0 Å². The molecular formula is C17H20N6S. The summed E-state index contributed by atoms with van der Waals surface area (Å²) in [5.41, 5.74) is 8.86. The molecule has 0 aromatic carbocycles. The molecule has 3 aromatic rings. The van der Waals surface area contributed by atoms with Crippen LogP contribution in [0.2, 0.25) is 0 Å². The molecule has 6 nitrogen and oxygen atoms in total. The lowest BCUT2D eigenvalue weighted by Gasteiger charge is -2.15. The van der Waals surface area contributed by atoms with Gasteiger partial charge in [0.15, 0.2) is 5.82 Å². The van der Waals surface area contributed by atoms with E-state index >= 15 is 0 Å². The smallest absolute Gasteiger partial charge is 0.151 e. The van der Waals surface area contributed by atoms with Crippen molar-refractivity contribution in [3.8, 4) is 0 Å². The summed E-state index contributed by atoms with van der Waals surface area (Å²) in [5.74, 6) is 2.34. The van der Waals surface area contributed by atoms with Crippen LogP contribution in [0.25, 0.3) is 11.0 Å². The number of thioether (sulfide) groups is 1. The second-order valence-electron chi connectivity index (χ2n) is 6.17. The highest BCUT2D eigenvalue weighted by atomic mass is 32.2. The molecule has 4 heterocycles. The minimum atomic E-state index is 0.511. The van der Waals surface area contributed by atoms with E-state index in [2.05, 4.69) is 30.9 Å². The van der Waals surface area contributed by atoms with E-state index in [-0.39, 0.29) is 0 Å². The van der Waals surface area contributed by atoms with Gasteiger partial charge in [0.05, 0.1) is 10.5 Å². The number of pyridine rings is 1. The van der Waals surface area contributed by atoms with Gasteiger partial charge in [0.1, 0.15) is 11.8 Å². The van der Waals surface area contributed by atoms with Crippen molar-refractivity contribution in [3.63, 3.8) is 0 Å². The number of nitrogens with zero attached hydrogens (tertiary/aromatic N) is 4. The van der Waals surface area contributed by atoms with Crippen molar-refractivity contribution in [2.45, 2.75) is 18.0 Å². The Morgan fingerprint density at radius 3 is 3.12 bits per heavy atom. The SMILES string of the molecule is Nc1ncnc2c(CN3CCC(CSc4ccccn4)C3)c[nH]c12. The maximum atomic E-state index is 5.89. The number of aromatic amines is 1. The third-order valence-electron chi connectivity index (χ3n) is 4.44. The van der Waals surface area contributed by atoms with Crippen molar-refractivity contribution in [2.24, 2.45) is 5.92 Å². The second-order valence-corrected chi connectivity index (χ2v) is 7.21. The van der Waals surface area contributed by atoms with Crippen LogP contribution in [0.15, 0.2) is 41.9 Å². The first-order valence-corrected chi connectivity index (χ1v) is 9.11. The van der Waals surface area contributed by atoms with Gasteiger partial charge in [0.25, 0.3) is 0 Å². The fraction of sp³-hybridized carbons (Fsp3) is 0.353. The number of hydrogen-bond donors (Lipinski definition) is 2. The summed E-state index contributed by atoms with van der Waals surface area (Å²) in [4.78, 5) is 18.5. The van der Waals surface area contributed by atoms with Crippen LogP contribution in [-0.4, -0.2) is 43.7 Å². The lowest BCUT2D eigenvalue weighted by atomic mass is 10.2. The van der Waals surface area contributed by atoms with Crippen molar-refractivity contribution in [3.05, 3.63) is 42.5 Å². The van der Waals surface area contributed by atoms with Crippen LogP contribution < -0.4 is 5.73 Å². The molecule has 3 N–H and O–H groups in total. The quantitative estimate of drug-likeness (QED) is 0.695. The number of fused-ring (bicyclic) bond motifs is 1. The van der Waals surface area contributed by atoms with Gasteiger partial charge in [-0.3, -0.25) is 4.90 Å². The Bertz CT molecular complexity index is 818. The first kappa shape index (κ1) is 15.4. The average molecular weight is 340 g/mol. The first-order chi connectivity index (χ1) is 11.8. The molecule has 4 rings (SSSR count). The lowest BCUT2D eigenvalue weighted by Crippen LogP contribution is -2.20. The molecule has 0 spiro atoms. The van der Waals surface area contributed by atoms with Crippen molar-refractivity contribution >= 4 is 28.6 Å². The molecule has 3 aromatic heterocycles. The number of hydrogen-bond acceptors (Lipinski definition) is 6. The molecule has 24 heavy (non-hydrogen) atoms. The maximum Gasteiger partial charge on any atom is 0.151 e. The average Bonchev–Trinajstić information content (AvgIpc) is 3.23. The van der Waals surface area contributed by atoms with E-state index in [4.69, 9.17) is 5.73 Å². The zero-order valence-electron chi connectivity index (χ0n) is 13.4. The number of aromatic nitrogens is 4. The molecule has 0 aliphatic carbocycles. The summed E-state index contributed by atoms with van der Waals surface area (Å²) in [7, 11) is 0. The van der Waals surface area contributed by atoms with Crippen LogP contribution in [0.3, 0.4) is 0 Å². The van der Waals surface area contributed by atoms with Crippen molar-refractivity contribution in [1.29, 1.82) is 0 Å². The Labute approximate surface area is 144 Å². The number of anilines is 1. The predicted molar refractivity (Wildman–Crippen MR) is 96.6 cm³/mol. The zero-order valence-corrected chi connectivity index (χ0v) is 14.2. The molecule has 1 aliphatic heterocycles. The highest BCUT2D eigenvalue weighted by Gasteiger charge is 2.23. The summed E-state index contributed by atoms with van der Waals surface area (Å²) < 4.78 is 0. The Morgan fingerprint density at radius 1 is 1.29 bits per heavy atom. The third kappa shape index (κ3) is 3.22. The summed E-state index contributed by atoms with van der Waals surface area (Å²) in [6, 6.07) is 6.08. The maximum absolute atomic E-state index is 5.89. The first-order valence-electron chi connectivity index (χ1n) is 8.12. The summed E-state index contributed by atoms with van der Waals surface area (Å²) in [6.45, 7) is 3.15. The van der Waals surface area contributed by atoms with Crippen molar-refractivity contribution in [1.82, 2.24) is 24.8 Å². The molecule has 0 saturated carbocycles. The molecule has 7 heteroatoms. The van der Waals surface area contributed by atoms with Gasteiger partial charge in [-0.2, -0.15) is 0 Å². The van der Waals surface area contributed by atoms with E-state index in [0.717, 1.165) is 41.4 Å². The highest BCUT2D eigenvalue weighted by molar-refractivity contribution is 7.99. The van der Waals surface area contributed by atoms with Crippen molar-refractivity contribution in [2.75, 3.05) is 24.6 Å². The molecule has 1 fully saturated rings. The molecule has 1 atom stereocenters. The van der Waals surface area contributed by atoms with E-state index in [0.29, 0.717) is 11.7 Å². The molecule has 1 aliphatic rings. The number of rotatable bonds is 5. The third-order valence-corrected chi connectivity index (χ3v) is 5.62. The van der Waals surface area contributed by atoms with Crippen LogP contribution in [0.4, 0.5) is 5.82 Å². The summed E-state index contributed by atoms with van der Waals surface area (Å²) in [5, 5.41) is 1.11. The Balaban J connectivity index is 1.36. The fourth-order valence-corrected chi connectivity index (χ4v) is 4.19. The second kappa shape index (κ2) is 6.78. The summed E-state index contributed by atoms with van der Waals surface area (Å²) >= 11 is 1.85. The number of likely N-dealkylation sites (tertiary alicyclic amines) is 1. The molecule has 124 valence electrons. The summed E-state index contributed by atoms with van der Waals surface area (Å²) in [6.07, 6.45) is 6.63. The number of nitrogens with one attached hydrogen (secondary N) is 1. The minimum absolute atomic E-state index is 0.511. The Kier molecular flexibility index (Phi) is 4.36. The van der Waals surface area contributed by atoms with Gasteiger partial charge in [-0.1, -0.05) is 6.07 Å². The van der Waals surface area contributed by atoms with E-state index in [9.17, 15) is 0 Å². The van der Waals surface area contributed by atoms with Crippen LogP contribution >= 0.6 is 11.8 Å². The van der Waals surface area contributed by atoms with Crippen LogP contribution in [0.1, 0.15) is 12.0 Å². The monoisotopic (exact) mass is 340 g/mol. The largest absolute Gasteiger partial charge is 0.382 e. The predicted octanol–water partition coefficient (Wildman–Crippen LogP) is 2.55. The number of nitrogens with two attached hydrogens (primary N) is 1. The normalized spacial score (nSPS) is 18.4. The van der Waals surface area contributed by atoms with E-state index in [1.807, 2.05) is 36.3 Å². The number of nitrogen functional groups attached to an aromatic ring is 1. The minimum Gasteiger partial charge on any atom is -0.382 e. The molecule has 0 amide bonds. The Hall–Kier alpha value is -2.12. The van der Waals surface area contributed by atoms with Gasteiger partial charge in [0, 0.05) is 36.8 Å².